The van der Waals surface area contributed by atoms with Gasteiger partial charge in [-0.25, -0.2) is 13.4 Å². The molecule has 0 saturated heterocycles. The number of rotatable bonds is 7. The number of carbonyl (C=O) groups excluding carboxylic acids is 1. The molecular weight excluding hydrogens is 464 g/mol. The molecule has 3 aromatic carbocycles. The first-order valence-corrected chi connectivity index (χ1v) is 12.3. The van der Waals surface area contributed by atoms with E-state index in [1.54, 1.807) is 18.2 Å². The number of hydrogen-bond donors (Lipinski definition) is 2. The minimum Gasteiger partial charge on any atom is -0.468 e. The van der Waals surface area contributed by atoms with E-state index in [9.17, 15) is 13.2 Å². The lowest BCUT2D eigenvalue weighted by molar-refractivity contribution is 0.102. The van der Waals surface area contributed by atoms with Gasteiger partial charge in [0.05, 0.1) is 28.7 Å². The number of furan rings is 1. The van der Waals surface area contributed by atoms with Crippen molar-refractivity contribution in [1.82, 2.24) is 14.3 Å². The Morgan fingerprint density at radius 1 is 1.00 bits per heavy atom. The average Bonchev–Trinajstić information content (AvgIpc) is 3.54. The molecule has 2 heterocycles. The maximum atomic E-state index is 12.8. The number of benzene rings is 3. The number of H-pyrrole nitrogens is 1. The Bertz CT molecular complexity index is 1560. The van der Waals surface area contributed by atoms with Gasteiger partial charge in [-0.05, 0) is 60.7 Å². The van der Waals surface area contributed by atoms with Crippen LogP contribution in [0.3, 0.4) is 0 Å². The first kappa shape index (κ1) is 22.6. The molecule has 9 heteroatoms. The van der Waals surface area contributed by atoms with E-state index in [1.165, 1.54) is 41.9 Å². The average molecular weight is 487 g/mol. The Morgan fingerprint density at radius 3 is 2.54 bits per heavy atom. The highest BCUT2D eigenvalue weighted by Crippen LogP contribution is 2.24. The molecule has 2 N–H and O–H groups in total. The molecule has 5 aromatic rings. The number of hydrogen-bond acceptors (Lipinski definition) is 5. The van der Waals surface area contributed by atoms with Crippen LogP contribution in [0.15, 0.2) is 101 Å². The number of imidazole rings is 1. The molecule has 0 bridgehead atoms. The fourth-order valence-corrected chi connectivity index (χ4v) is 4.84. The van der Waals surface area contributed by atoms with Crippen molar-refractivity contribution in [2.24, 2.45) is 0 Å². The summed E-state index contributed by atoms with van der Waals surface area (Å²) in [5.74, 6) is 0.895. The van der Waals surface area contributed by atoms with Crippen LogP contribution in [0.5, 0.6) is 0 Å². The van der Waals surface area contributed by atoms with E-state index < -0.39 is 10.0 Å². The molecule has 0 spiro atoms. The van der Waals surface area contributed by atoms with Gasteiger partial charge in [0.15, 0.2) is 0 Å². The zero-order chi connectivity index (χ0) is 24.4. The molecule has 176 valence electrons. The molecule has 2 aromatic heterocycles. The van der Waals surface area contributed by atoms with Crippen LogP contribution in [0, 0.1) is 0 Å². The number of anilines is 1. The number of nitrogens with zero attached hydrogens (tertiary/aromatic N) is 2. The van der Waals surface area contributed by atoms with E-state index in [0.29, 0.717) is 22.8 Å². The van der Waals surface area contributed by atoms with E-state index in [1.807, 2.05) is 42.5 Å². The topological polar surface area (TPSA) is 108 Å². The van der Waals surface area contributed by atoms with Gasteiger partial charge in [-0.3, -0.25) is 4.79 Å². The summed E-state index contributed by atoms with van der Waals surface area (Å²) in [6, 6.07) is 24.4. The summed E-state index contributed by atoms with van der Waals surface area (Å²) in [6.45, 7) is 0.110. The van der Waals surface area contributed by atoms with Crippen LogP contribution < -0.4 is 5.32 Å². The lowest BCUT2D eigenvalue weighted by Gasteiger charge is -2.16. The predicted molar refractivity (Wildman–Crippen MR) is 133 cm³/mol. The van der Waals surface area contributed by atoms with Crippen LogP contribution in [0.2, 0.25) is 0 Å². The lowest BCUT2D eigenvalue weighted by atomic mass is 10.1. The second-order valence-electron chi connectivity index (χ2n) is 8.00. The SMILES string of the molecule is CN(Cc1ccco1)S(=O)(=O)c1ccc(C(=O)Nc2cccc(-c3nc4ccccc4[nH]3)c2)cc1. The summed E-state index contributed by atoms with van der Waals surface area (Å²) in [5, 5.41) is 2.86. The van der Waals surface area contributed by atoms with Crippen molar-refractivity contribution in [2.45, 2.75) is 11.4 Å². The molecule has 0 radical (unpaired) electrons. The van der Waals surface area contributed by atoms with Crippen LogP contribution in [-0.4, -0.2) is 35.6 Å². The molecule has 1 amide bonds. The summed E-state index contributed by atoms with van der Waals surface area (Å²) >= 11 is 0. The lowest BCUT2D eigenvalue weighted by Crippen LogP contribution is -2.26. The normalized spacial score (nSPS) is 11.7. The van der Waals surface area contributed by atoms with Crippen molar-refractivity contribution in [3.8, 4) is 11.4 Å². The molecular formula is C26H22N4O4S. The third-order valence-electron chi connectivity index (χ3n) is 5.57. The molecule has 0 saturated carbocycles. The first-order valence-electron chi connectivity index (χ1n) is 10.9. The van der Waals surface area contributed by atoms with Crippen LogP contribution in [0.25, 0.3) is 22.4 Å². The van der Waals surface area contributed by atoms with Gasteiger partial charge in [0.1, 0.15) is 11.6 Å². The van der Waals surface area contributed by atoms with E-state index >= 15 is 0 Å². The largest absolute Gasteiger partial charge is 0.468 e. The maximum Gasteiger partial charge on any atom is 0.255 e. The highest BCUT2D eigenvalue weighted by Gasteiger charge is 2.22. The zero-order valence-corrected chi connectivity index (χ0v) is 19.6. The van der Waals surface area contributed by atoms with Crippen LogP contribution >= 0.6 is 0 Å². The van der Waals surface area contributed by atoms with Crippen LogP contribution in [-0.2, 0) is 16.6 Å². The highest BCUT2D eigenvalue weighted by atomic mass is 32.2. The molecule has 35 heavy (non-hydrogen) atoms. The van der Waals surface area contributed by atoms with Gasteiger partial charge >= 0.3 is 0 Å². The van der Waals surface area contributed by atoms with Gasteiger partial charge in [0.2, 0.25) is 10.0 Å². The van der Waals surface area contributed by atoms with Crippen molar-refractivity contribution in [1.29, 1.82) is 0 Å². The minimum atomic E-state index is -3.73. The second-order valence-corrected chi connectivity index (χ2v) is 10.0. The number of para-hydroxylation sites is 2. The number of aromatic amines is 1. The summed E-state index contributed by atoms with van der Waals surface area (Å²) in [7, 11) is -2.25. The smallest absolute Gasteiger partial charge is 0.255 e. The number of nitrogens with one attached hydrogen (secondary N) is 2. The predicted octanol–water partition coefficient (Wildman–Crippen LogP) is 4.90. The fourth-order valence-electron chi connectivity index (χ4n) is 3.70. The number of aromatic nitrogens is 2. The molecule has 0 aliphatic rings. The van der Waals surface area contributed by atoms with Gasteiger partial charge in [0.25, 0.3) is 5.91 Å². The van der Waals surface area contributed by atoms with Crippen LogP contribution in [0.4, 0.5) is 5.69 Å². The molecule has 8 nitrogen and oxygen atoms in total. The Morgan fingerprint density at radius 2 is 1.80 bits per heavy atom. The van der Waals surface area contributed by atoms with Gasteiger partial charge in [-0.15, -0.1) is 0 Å². The van der Waals surface area contributed by atoms with E-state index in [4.69, 9.17) is 4.42 Å². The summed E-state index contributed by atoms with van der Waals surface area (Å²) in [5.41, 5.74) is 3.57. The Balaban J connectivity index is 1.30. The van der Waals surface area contributed by atoms with Gasteiger partial charge in [-0.1, -0.05) is 24.3 Å². The minimum absolute atomic E-state index is 0.0926. The summed E-state index contributed by atoms with van der Waals surface area (Å²) < 4.78 is 32.1. The van der Waals surface area contributed by atoms with Gasteiger partial charge in [0, 0.05) is 23.9 Å². The third-order valence-corrected chi connectivity index (χ3v) is 7.38. The van der Waals surface area contributed by atoms with Crippen molar-refractivity contribution in [2.75, 3.05) is 12.4 Å². The number of fused-ring (bicyclic) bond motifs is 1. The van der Waals surface area contributed by atoms with E-state index in [0.717, 1.165) is 16.6 Å². The molecule has 0 fully saturated rings. The maximum absolute atomic E-state index is 12.8. The molecule has 0 unspecified atom stereocenters. The monoisotopic (exact) mass is 486 g/mol. The van der Waals surface area contributed by atoms with Gasteiger partial charge in [-0.2, -0.15) is 4.31 Å². The number of sulfonamides is 1. The molecule has 0 atom stereocenters. The van der Waals surface area contributed by atoms with E-state index in [2.05, 4.69) is 15.3 Å². The first-order chi connectivity index (χ1) is 16.9. The Labute approximate surface area is 202 Å². The van der Waals surface area contributed by atoms with Crippen molar-refractivity contribution in [3.63, 3.8) is 0 Å². The van der Waals surface area contributed by atoms with Crippen molar-refractivity contribution in [3.05, 3.63) is 103 Å². The zero-order valence-electron chi connectivity index (χ0n) is 18.8. The fraction of sp³-hybridized carbons (Fsp3) is 0.0769. The van der Waals surface area contributed by atoms with Gasteiger partial charge < -0.3 is 14.7 Å². The summed E-state index contributed by atoms with van der Waals surface area (Å²) in [4.78, 5) is 20.8. The molecule has 0 aliphatic heterocycles. The van der Waals surface area contributed by atoms with Crippen molar-refractivity contribution < 1.29 is 17.6 Å². The second kappa shape index (κ2) is 9.21. The van der Waals surface area contributed by atoms with E-state index in [-0.39, 0.29) is 17.3 Å². The van der Waals surface area contributed by atoms with Crippen LogP contribution in [0.1, 0.15) is 16.1 Å². The van der Waals surface area contributed by atoms with Crippen molar-refractivity contribution >= 4 is 32.7 Å². The number of carbonyl (C=O) groups is 1. The molecule has 0 aliphatic carbocycles. The quantitative estimate of drug-likeness (QED) is 0.340. The molecule has 5 rings (SSSR count). The Hall–Kier alpha value is -4.21. The summed E-state index contributed by atoms with van der Waals surface area (Å²) in [6.07, 6.45) is 1.50. The third kappa shape index (κ3) is 4.72. The highest BCUT2D eigenvalue weighted by molar-refractivity contribution is 7.89. The standard InChI is InChI=1S/C26H22N4O4S/c1-30(17-21-8-5-15-34-21)35(32,33)22-13-11-18(12-14-22)26(31)27-20-7-4-6-19(16-20)25-28-23-9-2-3-10-24(23)29-25/h2-16H,17H2,1H3,(H,27,31)(H,28,29). The Kier molecular flexibility index (Phi) is 5.94. The number of amides is 1.